The van der Waals surface area contributed by atoms with Crippen LogP contribution in [0.2, 0.25) is 0 Å². The number of hydrogen-bond donors (Lipinski definition) is 0. The zero-order chi connectivity index (χ0) is 28.9. The summed E-state index contributed by atoms with van der Waals surface area (Å²) in [5.74, 6) is 0.0249. The number of Topliss-reactive ketones (excluding diaryl/α,β-unsaturated/α-hetero) is 2. The maximum absolute atomic E-state index is 14.2. The van der Waals surface area contributed by atoms with Gasteiger partial charge >= 0.3 is 0 Å². The second-order valence-corrected chi connectivity index (χ2v) is 13.7. The van der Waals surface area contributed by atoms with Crippen molar-refractivity contribution in [3.63, 3.8) is 0 Å². The lowest BCUT2D eigenvalue weighted by atomic mass is 9.63. The Balaban J connectivity index is 1.59. The predicted molar refractivity (Wildman–Crippen MR) is 164 cm³/mol. The van der Waals surface area contributed by atoms with Crippen LogP contribution in [0, 0.1) is 10.8 Å². The van der Waals surface area contributed by atoms with Crippen LogP contribution < -0.4 is 0 Å². The molecule has 3 aromatic rings. The molecule has 214 valence electrons. The molecule has 1 aliphatic heterocycles. The first-order valence-corrected chi connectivity index (χ1v) is 15.0. The quantitative estimate of drug-likeness (QED) is 0.288. The van der Waals surface area contributed by atoms with Gasteiger partial charge in [0.15, 0.2) is 11.6 Å². The molecule has 0 radical (unpaired) electrons. The van der Waals surface area contributed by atoms with E-state index >= 15 is 0 Å². The first kappa shape index (κ1) is 27.7. The largest absolute Gasteiger partial charge is 0.385 e. The molecular weight excluding hydrogens is 508 g/mol. The fourth-order valence-electron chi connectivity index (χ4n) is 7.41. The Morgan fingerprint density at radius 2 is 1.39 bits per heavy atom. The van der Waals surface area contributed by atoms with Gasteiger partial charge < -0.3 is 14.2 Å². The van der Waals surface area contributed by atoms with Gasteiger partial charge in [-0.2, -0.15) is 0 Å². The third kappa shape index (κ3) is 5.10. The Kier molecular flexibility index (Phi) is 7.05. The van der Waals surface area contributed by atoms with E-state index in [2.05, 4.69) is 91.9 Å². The average Bonchev–Trinajstić information content (AvgIpc) is 3.26. The van der Waals surface area contributed by atoms with Crippen molar-refractivity contribution in [2.24, 2.45) is 10.8 Å². The summed E-state index contributed by atoms with van der Waals surface area (Å²) in [6.45, 7) is 10.9. The molecule has 0 saturated carbocycles. The van der Waals surface area contributed by atoms with E-state index in [1.165, 1.54) is 5.56 Å². The number of methoxy groups -OCH3 is 1. The van der Waals surface area contributed by atoms with E-state index in [4.69, 9.17) is 4.74 Å². The molecule has 5 heteroatoms. The van der Waals surface area contributed by atoms with Crippen molar-refractivity contribution in [1.29, 1.82) is 0 Å². The highest BCUT2D eigenvalue weighted by atomic mass is 16.5. The van der Waals surface area contributed by atoms with E-state index in [-0.39, 0.29) is 28.3 Å². The van der Waals surface area contributed by atoms with Gasteiger partial charge in [0.1, 0.15) is 0 Å². The Morgan fingerprint density at radius 1 is 0.805 bits per heavy atom. The molecule has 0 spiro atoms. The topological polar surface area (TPSA) is 51.5 Å². The zero-order valence-corrected chi connectivity index (χ0v) is 25.1. The van der Waals surface area contributed by atoms with Gasteiger partial charge in [-0.15, -0.1) is 0 Å². The van der Waals surface area contributed by atoms with E-state index in [1.54, 1.807) is 7.11 Å². The smallest absolute Gasteiger partial charge is 0.162 e. The third-order valence-electron chi connectivity index (χ3n) is 9.08. The molecule has 0 fully saturated rings. The number of ketones is 2. The Hall–Kier alpha value is -3.44. The summed E-state index contributed by atoms with van der Waals surface area (Å²) in [6.07, 6.45) is 5.71. The van der Waals surface area contributed by atoms with E-state index in [0.29, 0.717) is 19.4 Å². The number of nitrogens with zero attached hydrogens (tertiary/aromatic N) is 2. The Morgan fingerprint density at radius 3 is 2.00 bits per heavy atom. The fraction of sp³-hybridized carbons (Fsp3) is 0.444. The molecule has 2 aliphatic carbocycles. The SMILES string of the molecule is COCCCN1C2=C(C(=O)CC(C)(C)C2)C(c2cn(Cc3ccccc3)c3ccccc23)C2=C1CC(C)(C)CC2=O. The van der Waals surface area contributed by atoms with Gasteiger partial charge in [-0.1, -0.05) is 76.2 Å². The van der Waals surface area contributed by atoms with Crippen LogP contribution in [0.3, 0.4) is 0 Å². The van der Waals surface area contributed by atoms with E-state index in [0.717, 1.165) is 71.4 Å². The van der Waals surface area contributed by atoms with Gasteiger partial charge in [0.05, 0.1) is 0 Å². The number of benzene rings is 2. The molecule has 6 rings (SSSR count). The number of fused-ring (bicyclic) bond motifs is 1. The first-order chi connectivity index (χ1) is 19.6. The van der Waals surface area contributed by atoms with E-state index < -0.39 is 0 Å². The van der Waals surface area contributed by atoms with Crippen LogP contribution in [0.1, 0.15) is 76.8 Å². The number of carbonyl (C=O) groups is 2. The second-order valence-electron chi connectivity index (χ2n) is 13.7. The molecule has 1 aromatic heterocycles. The Labute approximate surface area is 243 Å². The molecule has 0 amide bonds. The van der Waals surface area contributed by atoms with Gasteiger partial charge in [0, 0.05) is 85.2 Å². The van der Waals surface area contributed by atoms with Crippen molar-refractivity contribution in [3.05, 3.63) is 94.5 Å². The molecule has 0 atom stereocenters. The third-order valence-corrected chi connectivity index (χ3v) is 9.08. The zero-order valence-electron chi connectivity index (χ0n) is 25.1. The first-order valence-electron chi connectivity index (χ1n) is 15.0. The van der Waals surface area contributed by atoms with Crippen molar-refractivity contribution in [1.82, 2.24) is 9.47 Å². The lowest BCUT2D eigenvalue weighted by Crippen LogP contribution is -2.44. The van der Waals surface area contributed by atoms with Gasteiger partial charge in [-0.25, -0.2) is 0 Å². The lowest BCUT2D eigenvalue weighted by molar-refractivity contribution is -0.119. The summed E-state index contributed by atoms with van der Waals surface area (Å²) in [5, 5.41) is 1.12. The van der Waals surface area contributed by atoms with Crippen molar-refractivity contribution in [2.45, 2.75) is 72.3 Å². The Bertz CT molecular complexity index is 1520. The van der Waals surface area contributed by atoms with Crippen LogP contribution in [0.25, 0.3) is 10.9 Å². The van der Waals surface area contributed by atoms with Crippen LogP contribution in [0.4, 0.5) is 0 Å². The summed E-state index contributed by atoms with van der Waals surface area (Å²) in [7, 11) is 1.73. The van der Waals surface area contributed by atoms with Gasteiger partial charge in [0.2, 0.25) is 0 Å². The molecule has 0 saturated heterocycles. The fourth-order valence-corrected chi connectivity index (χ4v) is 7.41. The standard InChI is InChI=1S/C36H42N2O3/c1-35(2)18-28-33(30(39)20-35)32(34-29(38(28)16-11-17-41-5)19-36(3,4)21-31(34)40)26-23-37(22-24-12-7-6-8-13-24)27-15-10-9-14-25(26)27/h6-10,12-15,23,32H,11,16-22H2,1-5H3. The number of aromatic nitrogens is 1. The van der Waals surface area contributed by atoms with E-state index in [1.807, 2.05) is 6.07 Å². The van der Waals surface area contributed by atoms with Crippen molar-refractivity contribution in [3.8, 4) is 0 Å². The molecule has 3 aliphatic rings. The number of allylic oxidation sites excluding steroid dienone is 4. The summed E-state index contributed by atoms with van der Waals surface area (Å²) < 4.78 is 7.72. The number of hydrogen-bond acceptors (Lipinski definition) is 4. The monoisotopic (exact) mass is 550 g/mol. The summed E-state index contributed by atoms with van der Waals surface area (Å²) in [4.78, 5) is 30.8. The predicted octanol–water partition coefficient (Wildman–Crippen LogP) is 7.41. The highest BCUT2D eigenvalue weighted by Crippen LogP contribution is 2.55. The van der Waals surface area contributed by atoms with Crippen LogP contribution in [-0.4, -0.2) is 41.3 Å². The van der Waals surface area contributed by atoms with Gasteiger partial charge in [0.25, 0.3) is 0 Å². The molecular formula is C36H42N2O3. The molecule has 0 unspecified atom stereocenters. The second kappa shape index (κ2) is 10.4. The van der Waals surface area contributed by atoms with Crippen LogP contribution in [0.15, 0.2) is 83.3 Å². The van der Waals surface area contributed by atoms with Crippen LogP contribution >= 0.6 is 0 Å². The minimum atomic E-state index is -0.340. The highest BCUT2D eigenvalue weighted by molar-refractivity contribution is 6.08. The molecule has 5 nitrogen and oxygen atoms in total. The minimum absolute atomic E-state index is 0.131. The number of ether oxygens (including phenoxy) is 1. The normalized spacial score (nSPS) is 20.6. The summed E-state index contributed by atoms with van der Waals surface area (Å²) >= 11 is 0. The van der Waals surface area contributed by atoms with Crippen molar-refractivity contribution in [2.75, 3.05) is 20.3 Å². The van der Waals surface area contributed by atoms with E-state index in [9.17, 15) is 9.59 Å². The molecule has 2 heterocycles. The van der Waals surface area contributed by atoms with Crippen LogP contribution in [0.5, 0.6) is 0 Å². The van der Waals surface area contributed by atoms with Gasteiger partial charge in [-0.05, 0) is 47.3 Å². The maximum atomic E-state index is 14.2. The van der Waals surface area contributed by atoms with Crippen molar-refractivity contribution >= 4 is 22.5 Å². The summed E-state index contributed by atoms with van der Waals surface area (Å²) in [5.41, 5.74) is 7.10. The molecule has 2 aromatic carbocycles. The molecule has 0 N–H and O–H groups in total. The van der Waals surface area contributed by atoms with Crippen molar-refractivity contribution < 1.29 is 14.3 Å². The minimum Gasteiger partial charge on any atom is -0.385 e. The highest BCUT2D eigenvalue weighted by Gasteiger charge is 2.49. The molecule has 41 heavy (non-hydrogen) atoms. The summed E-state index contributed by atoms with van der Waals surface area (Å²) in [6, 6.07) is 18.9. The maximum Gasteiger partial charge on any atom is 0.162 e. The average molecular weight is 551 g/mol. The number of rotatable bonds is 7. The lowest BCUT2D eigenvalue weighted by Gasteiger charge is -2.49. The number of para-hydroxylation sites is 1. The van der Waals surface area contributed by atoms with Gasteiger partial charge in [-0.3, -0.25) is 9.59 Å². The van der Waals surface area contributed by atoms with Crippen LogP contribution in [-0.2, 0) is 20.9 Å². The number of carbonyl (C=O) groups excluding carboxylic acids is 2. The molecule has 0 bridgehead atoms.